The largest absolute Gasteiger partial charge is 0.302 e. The highest BCUT2D eigenvalue weighted by molar-refractivity contribution is 7.13. The van der Waals surface area contributed by atoms with Gasteiger partial charge in [-0.1, -0.05) is 12.0 Å². The predicted octanol–water partition coefficient (Wildman–Crippen LogP) is 2.25. The summed E-state index contributed by atoms with van der Waals surface area (Å²) in [6, 6.07) is 4.13. The molecule has 0 aliphatic carbocycles. The molecule has 0 aliphatic rings. The lowest BCUT2D eigenvalue weighted by molar-refractivity contribution is 0.772. The van der Waals surface area contributed by atoms with E-state index >= 15 is 0 Å². The highest BCUT2D eigenvalue weighted by Gasteiger charge is 2.07. The Morgan fingerprint density at radius 1 is 1.56 bits per heavy atom. The first-order valence-corrected chi connectivity index (χ1v) is 5.96. The Morgan fingerprint density at radius 3 is 3.25 bits per heavy atom. The van der Waals surface area contributed by atoms with Crippen LogP contribution in [-0.4, -0.2) is 16.7 Å². The van der Waals surface area contributed by atoms with Crippen LogP contribution in [0.3, 0.4) is 0 Å². The SMILES string of the molecule is CC#CCNCc1cn[nH]c1-c1cccs1. The quantitative estimate of drug-likeness (QED) is 0.626. The number of aromatic amines is 1. The summed E-state index contributed by atoms with van der Waals surface area (Å²) in [6.45, 7) is 3.35. The summed E-state index contributed by atoms with van der Waals surface area (Å²) in [5.74, 6) is 5.83. The van der Waals surface area contributed by atoms with Crippen LogP contribution in [0.4, 0.5) is 0 Å². The summed E-state index contributed by atoms with van der Waals surface area (Å²) in [5, 5.41) is 12.4. The first-order valence-electron chi connectivity index (χ1n) is 5.08. The number of H-pyrrole nitrogens is 1. The number of nitrogens with zero attached hydrogens (tertiary/aromatic N) is 1. The molecule has 82 valence electrons. The molecule has 2 aromatic rings. The van der Waals surface area contributed by atoms with Crippen LogP contribution < -0.4 is 5.32 Å². The van der Waals surface area contributed by atoms with Gasteiger partial charge in [-0.2, -0.15) is 5.10 Å². The van der Waals surface area contributed by atoms with Crippen molar-refractivity contribution in [3.05, 3.63) is 29.3 Å². The Bertz CT molecular complexity index is 488. The van der Waals surface area contributed by atoms with Crippen LogP contribution in [0.25, 0.3) is 10.6 Å². The summed E-state index contributed by atoms with van der Waals surface area (Å²) in [6.07, 6.45) is 1.86. The average molecular weight is 231 g/mol. The van der Waals surface area contributed by atoms with Crippen LogP contribution in [0.1, 0.15) is 12.5 Å². The van der Waals surface area contributed by atoms with Crippen molar-refractivity contribution in [2.75, 3.05) is 6.54 Å². The molecule has 16 heavy (non-hydrogen) atoms. The van der Waals surface area contributed by atoms with Crippen molar-refractivity contribution in [3.8, 4) is 22.4 Å². The molecule has 2 aromatic heterocycles. The van der Waals surface area contributed by atoms with Gasteiger partial charge in [0.15, 0.2) is 0 Å². The second-order valence-electron chi connectivity index (χ2n) is 3.28. The third-order valence-corrected chi connectivity index (χ3v) is 3.08. The average Bonchev–Trinajstić information content (AvgIpc) is 2.94. The van der Waals surface area contributed by atoms with Crippen molar-refractivity contribution in [2.45, 2.75) is 13.5 Å². The second-order valence-corrected chi connectivity index (χ2v) is 4.23. The molecular weight excluding hydrogens is 218 g/mol. The van der Waals surface area contributed by atoms with Crippen molar-refractivity contribution >= 4 is 11.3 Å². The van der Waals surface area contributed by atoms with Gasteiger partial charge in [0.05, 0.1) is 23.3 Å². The number of hydrogen-bond donors (Lipinski definition) is 2. The highest BCUT2D eigenvalue weighted by atomic mass is 32.1. The molecule has 3 nitrogen and oxygen atoms in total. The Morgan fingerprint density at radius 2 is 2.50 bits per heavy atom. The Hall–Kier alpha value is -1.57. The van der Waals surface area contributed by atoms with Crippen LogP contribution >= 0.6 is 11.3 Å². The second kappa shape index (κ2) is 5.50. The van der Waals surface area contributed by atoms with E-state index in [1.165, 1.54) is 10.4 Å². The standard InChI is InChI=1S/C12H13N3S/c1-2-3-6-13-8-10-9-14-15-12(10)11-5-4-7-16-11/h4-5,7,9,13H,6,8H2,1H3,(H,14,15). The molecule has 0 aromatic carbocycles. The van der Waals surface area contributed by atoms with Crippen LogP contribution in [0.5, 0.6) is 0 Å². The zero-order valence-electron chi connectivity index (χ0n) is 9.08. The van der Waals surface area contributed by atoms with Gasteiger partial charge < -0.3 is 5.32 Å². The predicted molar refractivity (Wildman–Crippen MR) is 67.1 cm³/mol. The van der Waals surface area contributed by atoms with E-state index < -0.39 is 0 Å². The number of nitrogens with one attached hydrogen (secondary N) is 2. The maximum atomic E-state index is 4.08. The molecule has 0 unspecified atom stereocenters. The van der Waals surface area contributed by atoms with Gasteiger partial charge in [0.25, 0.3) is 0 Å². The summed E-state index contributed by atoms with van der Waals surface area (Å²) >= 11 is 1.71. The summed E-state index contributed by atoms with van der Waals surface area (Å²) in [7, 11) is 0. The molecule has 2 heterocycles. The van der Waals surface area contributed by atoms with E-state index in [2.05, 4.69) is 38.8 Å². The van der Waals surface area contributed by atoms with Gasteiger partial charge in [-0.05, 0) is 18.4 Å². The Kier molecular flexibility index (Phi) is 3.76. The van der Waals surface area contributed by atoms with E-state index in [0.717, 1.165) is 12.2 Å². The molecule has 0 amide bonds. The minimum atomic E-state index is 0.714. The van der Waals surface area contributed by atoms with Gasteiger partial charge in [-0.3, -0.25) is 5.10 Å². The maximum Gasteiger partial charge on any atom is 0.0794 e. The van der Waals surface area contributed by atoms with E-state index in [1.807, 2.05) is 19.2 Å². The van der Waals surface area contributed by atoms with E-state index in [0.29, 0.717) is 6.54 Å². The van der Waals surface area contributed by atoms with Gasteiger partial charge >= 0.3 is 0 Å². The van der Waals surface area contributed by atoms with Crippen molar-refractivity contribution < 1.29 is 0 Å². The van der Waals surface area contributed by atoms with Crippen molar-refractivity contribution in [1.29, 1.82) is 0 Å². The number of rotatable bonds is 4. The van der Waals surface area contributed by atoms with Gasteiger partial charge in [0, 0.05) is 12.1 Å². The van der Waals surface area contributed by atoms with Crippen molar-refractivity contribution in [3.63, 3.8) is 0 Å². The van der Waals surface area contributed by atoms with Gasteiger partial charge in [0.2, 0.25) is 0 Å². The van der Waals surface area contributed by atoms with Crippen molar-refractivity contribution in [2.24, 2.45) is 0 Å². The molecule has 0 atom stereocenters. The molecule has 0 radical (unpaired) electrons. The zero-order chi connectivity index (χ0) is 11.2. The third kappa shape index (κ3) is 2.51. The first kappa shape index (κ1) is 10.9. The van der Waals surface area contributed by atoms with E-state index in [1.54, 1.807) is 11.3 Å². The normalized spacial score (nSPS) is 9.81. The van der Waals surface area contributed by atoms with Crippen molar-refractivity contribution in [1.82, 2.24) is 15.5 Å². The molecule has 0 fully saturated rings. The minimum Gasteiger partial charge on any atom is -0.302 e. The van der Waals surface area contributed by atoms with E-state index in [-0.39, 0.29) is 0 Å². The molecule has 0 saturated carbocycles. The highest BCUT2D eigenvalue weighted by Crippen LogP contribution is 2.25. The smallest absolute Gasteiger partial charge is 0.0794 e. The molecule has 2 N–H and O–H groups in total. The molecule has 0 bridgehead atoms. The fourth-order valence-corrected chi connectivity index (χ4v) is 2.18. The Balaban J connectivity index is 2.04. The van der Waals surface area contributed by atoms with Gasteiger partial charge in [-0.15, -0.1) is 17.3 Å². The van der Waals surface area contributed by atoms with Crippen LogP contribution in [0.2, 0.25) is 0 Å². The molecule has 4 heteroatoms. The molecule has 0 spiro atoms. The lowest BCUT2D eigenvalue weighted by Crippen LogP contribution is -2.13. The fraction of sp³-hybridized carbons (Fsp3) is 0.250. The topological polar surface area (TPSA) is 40.7 Å². The summed E-state index contributed by atoms with van der Waals surface area (Å²) in [5.41, 5.74) is 2.28. The Labute approximate surface area is 98.9 Å². The number of thiophene rings is 1. The monoisotopic (exact) mass is 231 g/mol. The molecule has 0 saturated heterocycles. The number of aromatic nitrogens is 2. The van der Waals surface area contributed by atoms with Crippen LogP contribution in [0.15, 0.2) is 23.7 Å². The van der Waals surface area contributed by atoms with Gasteiger partial charge in [-0.25, -0.2) is 0 Å². The summed E-state index contributed by atoms with van der Waals surface area (Å²) in [4.78, 5) is 1.22. The number of hydrogen-bond acceptors (Lipinski definition) is 3. The lowest BCUT2D eigenvalue weighted by Gasteiger charge is -2.00. The van der Waals surface area contributed by atoms with Gasteiger partial charge in [0.1, 0.15) is 0 Å². The lowest BCUT2D eigenvalue weighted by atomic mass is 10.2. The summed E-state index contributed by atoms with van der Waals surface area (Å²) < 4.78 is 0. The third-order valence-electron chi connectivity index (χ3n) is 2.19. The van der Waals surface area contributed by atoms with E-state index in [4.69, 9.17) is 0 Å². The van der Waals surface area contributed by atoms with Crippen LogP contribution in [0, 0.1) is 11.8 Å². The maximum absolute atomic E-state index is 4.08. The minimum absolute atomic E-state index is 0.714. The fourth-order valence-electron chi connectivity index (χ4n) is 1.43. The van der Waals surface area contributed by atoms with E-state index in [9.17, 15) is 0 Å². The first-order chi connectivity index (χ1) is 7.92. The van der Waals surface area contributed by atoms with Crippen LogP contribution in [-0.2, 0) is 6.54 Å². The molecular formula is C12H13N3S. The molecule has 0 aliphatic heterocycles. The zero-order valence-corrected chi connectivity index (χ0v) is 9.90. The molecule has 2 rings (SSSR count).